The van der Waals surface area contributed by atoms with Gasteiger partial charge in [0.15, 0.2) is 10.7 Å². The van der Waals surface area contributed by atoms with Gasteiger partial charge in [-0.05, 0) is 0 Å². The van der Waals surface area contributed by atoms with Crippen molar-refractivity contribution in [2.75, 3.05) is 31.1 Å². The molecule has 25 heavy (non-hydrogen) atoms. The number of anilines is 1. The van der Waals surface area contributed by atoms with E-state index in [1.165, 1.54) is 17.5 Å². The molecule has 1 saturated heterocycles. The van der Waals surface area contributed by atoms with Gasteiger partial charge in [0.05, 0.1) is 18.1 Å². The summed E-state index contributed by atoms with van der Waals surface area (Å²) in [5, 5.41) is 10.6. The first-order valence-corrected chi connectivity index (χ1v) is 8.76. The number of hydrogen-bond donors (Lipinski definition) is 0. The van der Waals surface area contributed by atoms with Crippen LogP contribution in [0.1, 0.15) is 11.4 Å². The smallest absolute Gasteiger partial charge is 0.258 e. The maximum Gasteiger partial charge on any atom is 0.258 e. The monoisotopic (exact) mass is 353 g/mol. The van der Waals surface area contributed by atoms with E-state index in [4.69, 9.17) is 5.26 Å². The lowest BCUT2D eigenvalue weighted by atomic mass is 10.3. The Morgan fingerprint density at radius 2 is 2.04 bits per heavy atom. The summed E-state index contributed by atoms with van der Waals surface area (Å²) in [5.41, 5.74) is 1.09. The molecule has 3 aromatic rings. The van der Waals surface area contributed by atoms with Crippen molar-refractivity contribution < 1.29 is 0 Å². The Balaban J connectivity index is 1.41. The first-order chi connectivity index (χ1) is 12.2. The van der Waals surface area contributed by atoms with Gasteiger partial charge < -0.3 is 4.90 Å². The van der Waals surface area contributed by atoms with Crippen LogP contribution < -0.4 is 10.5 Å². The summed E-state index contributed by atoms with van der Waals surface area (Å²) < 4.78 is 1.57. The Hall–Kier alpha value is -2.83. The molecule has 9 heteroatoms. The number of fused-ring (bicyclic) bond motifs is 1. The Morgan fingerprint density at radius 3 is 2.76 bits per heavy atom. The first kappa shape index (κ1) is 15.7. The average Bonchev–Trinajstić information content (AvgIpc) is 3.12. The second kappa shape index (κ2) is 6.58. The first-order valence-electron chi connectivity index (χ1n) is 7.88. The average molecular weight is 353 g/mol. The summed E-state index contributed by atoms with van der Waals surface area (Å²) in [6, 6.07) is 3.58. The van der Waals surface area contributed by atoms with Gasteiger partial charge in [0.25, 0.3) is 5.56 Å². The van der Waals surface area contributed by atoms with Crippen LogP contribution in [0.25, 0.3) is 4.96 Å². The molecule has 0 spiro atoms. The zero-order valence-electron chi connectivity index (χ0n) is 13.4. The van der Waals surface area contributed by atoms with Crippen LogP contribution in [0.2, 0.25) is 0 Å². The van der Waals surface area contributed by atoms with Crippen molar-refractivity contribution in [3.05, 3.63) is 51.8 Å². The van der Waals surface area contributed by atoms with Gasteiger partial charge in [-0.2, -0.15) is 5.26 Å². The van der Waals surface area contributed by atoms with E-state index in [9.17, 15) is 4.79 Å². The van der Waals surface area contributed by atoms with E-state index in [0.29, 0.717) is 12.2 Å². The molecule has 8 nitrogen and oxygen atoms in total. The highest BCUT2D eigenvalue weighted by atomic mass is 32.1. The summed E-state index contributed by atoms with van der Waals surface area (Å²) in [5.74, 6) is 0.787. The van der Waals surface area contributed by atoms with Crippen LogP contribution in [0, 0.1) is 11.3 Å². The fourth-order valence-electron chi connectivity index (χ4n) is 2.88. The molecule has 4 rings (SSSR count). The molecule has 1 aliphatic heterocycles. The van der Waals surface area contributed by atoms with E-state index >= 15 is 0 Å². The molecule has 1 aliphatic rings. The minimum atomic E-state index is -0.0345. The quantitative estimate of drug-likeness (QED) is 0.686. The number of thiazole rings is 1. The molecule has 0 unspecified atom stereocenters. The molecule has 0 radical (unpaired) electrons. The predicted molar refractivity (Wildman–Crippen MR) is 93.6 cm³/mol. The standard InChI is InChI=1S/C16H15N7OS/c17-8-13-9-19-14(10-18-13)22-3-1-21(2-4-22)11-12-7-15(24)23-5-6-25-16(23)20-12/h5-7,9-10H,1-4,11H2. The van der Waals surface area contributed by atoms with Gasteiger partial charge in [0.1, 0.15) is 11.9 Å². The van der Waals surface area contributed by atoms with Crippen molar-refractivity contribution in [2.24, 2.45) is 0 Å². The molecule has 3 aromatic heterocycles. The summed E-state index contributed by atoms with van der Waals surface area (Å²) in [4.78, 5) is 30.1. The highest BCUT2D eigenvalue weighted by Gasteiger charge is 2.19. The molecule has 0 atom stereocenters. The lowest BCUT2D eigenvalue weighted by Gasteiger charge is -2.34. The molecule has 126 valence electrons. The van der Waals surface area contributed by atoms with E-state index in [1.54, 1.807) is 22.9 Å². The van der Waals surface area contributed by atoms with Crippen LogP contribution in [0.5, 0.6) is 0 Å². The molecule has 1 fully saturated rings. The van der Waals surface area contributed by atoms with Crippen molar-refractivity contribution in [1.29, 1.82) is 5.26 Å². The van der Waals surface area contributed by atoms with Crippen molar-refractivity contribution in [3.8, 4) is 6.07 Å². The van der Waals surface area contributed by atoms with Crippen molar-refractivity contribution in [2.45, 2.75) is 6.54 Å². The van der Waals surface area contributed by atoms with Crippen LogP contribution in [-0.4, -0.2) is 50.4 Å². The Morgan fingerprint density at radius 1 is 1.20 bits per heavy atom. The van der Waals surface area contributed by atoms with Gasteiger partial charge in [-0.3, -0.25) is 14.1 Å². The van der Waals surface area contributed by atoms with E-state index in [2.05, 4.69) is 24.8 Å². The highest BCUT2D eigenvalue weighted by Crippen LogP contribution is 2.14. The number of piperazine rings is 1. The predicted octanol–water partition coefficient (Wildman–Crippen LogP) is 0.740. The number of hydrogen-bond acceptors (Lipinski definition) is 8. The summed E-state index contributed by atoms with van der Waals surface area (Å²) >= 11 is 1.47. The third kappa shape index (κ3) is 3.22. The fourth-order valence-corrected chi connectivity index (χ4v) is 3.61. The molecule has 0 N–H and O–H groups in total. The van der Waals surface area contributed by atoms with Gasteiger partial charge in [0, 0.05) is 50.4 Å². The number of rotatable bonds is 3. The molecule has 0 amide bonds. The Bertz CT molecular complexity index is 980. The second-order valence-corrected chi connectivity index (χ2v) is 6.65. The number of nitriles is 1. The lowest BCUT2D eigenvalue weighted by molar-refractivity contribution is 0.246. The molecule has 0 aromatic carbocycles. The zero-order valence-corrected chi connectivity index (χ0v) is 14.2. The van der Waals surface area contributed by atoms with Gasteiger partial charge in [0.2, 0.25) is 0 Å². The largest absolute Gasteiger partial charge is 0.353 e. The molecule has 0 saturated carbocycles. The Kier molecular flexibility index (Phi) is 4.13. The van der Waals surface area contributed by atoms with E-state index in [-0.39, 0.29) is 5.56 Å². The summed E-state index contributed by atoms with van der Waals surface area (Å²) in [6.45, 7) is 4.01. The molecule has 0 aliphatic carbocycles. The normalized spacial score (nSPS) is 15.4. The molecular weight excluding hydrogens is 338 g/mol. The summed E-state index contributed by atoms with van der Waals surface area (Å²) in [7, 11) is 0. The van der Waals surface area contributed by atoms with Crippen molar-refractivity contribution in [1.82, 2.24) is 24.3 Å². The maximum absolute atomic E-state index is 12.1. The van der Waals surface area contributed by atoms with E-state index < -0.39 is 0 Å². The SMILES string of the molecule is N#Cc1cnc(N2CCN(Cc3cc(=O)n4ccsc4n3)CC2)cn1. The topological polar surface area (TPSA) is 90.4 Å². The Labute approximate surface area is 147 Å². The van der Waals surface area contributed by atoms with Crippen LogP contribution >= 0.6 is 11.3 Å². The van der Waals surface area contributed by atoms with Crippen molar-refractivity contribution in [3.63, 3.8) is 0 Å². The fraction of sp³-hybridized carbons (Fsp3) is 0.312. The van der Waals surface area contributed by atoms with Crippen LogP contribution in [0.15, 0.2) is 34.8 Å². The number of nitrogens with zero attached hydrogens (tertiary/aromatic N) is 7. The van der Waals surface area contributed by atoms with Crippen LogP contribution in [-0.2, 0) is 6.54 Å². The molecule has 4 heterocycles. The minimum Gasteiger partial charge on any atom is -0.353 e. The highest BCUT2D eigenvalue weighted by molar-refractivity contribution is 7.15. The molecular formula is C16H15N7OS. The number of aromatic nitrogens is 4. The maximum atomic E-state index is 12.1. The lowest BCUT2D eigenvalue weighted by Crippen LogP contribution is -2.46. The van der Waals surface area contributed by atoms with Gasteiger partial charge in [-0.1, -0.05) is 0 Å². The third-order valence-corrected chi connectivity index (χ3v) is 4.95. The van der Waals surface area contributed by atoms with Gasteiger partial charge >= 0.3 is 0 Å². The van der Waals surface area contributed by atoms with E-state index in [1.807, 2.05) is 11.4 Å². The van der Waals surface area contributed by atoms with E-state index in [0.717, 1.165) is 42.7 Å². The molecule has 0 bridgehead atoms. The van der Waals surface area contributed by atoms with Crippen LogP contribution in [0.3, 0.4) is 0 Å². The van der Waals surface area contributed by atoms with Gasteiger partial charge in [-0.25, -0.2) is 15.0 Å². The minimum absolute atomic E-state index is 0.0345. The second-order valence-electron chi connectivity index (χ2n) is 5.78. The van der Waals surface area contributed by atoms with Gasteiger partial charge in [-0.15, -0.1) is 11.3 Å². The zero-order chi connectivity index (χ0) is 17.2. The summed E-state index contributed by atoms with van der Waals surface area (Å²) in [6.07, 6.45) is 4.88. The van der Waals surface area contributed by atoms with Crippen molar-refractivity contribution >= 4 is 22.1 Å². The third-order valence-electron chi connectivity index (χ3n) is 4.19. The van der Waals surface area contributed by atoms with Crippen LogP contribution in [0.4, 0.5) is 5.82 Å².